The zero-order valence-corrected chi connectivity index (χ0v) is 18.9. The van der Waals surface area contributed by atoms with Crippen molar-refractivity contribution in [3.63, 3.8) is 0 Å². The van der Waals surface area contributed by atoms with Gasteiger partial charge in [-0.1, -0.05) is 17.7 Å². The van der Waals surface area contributed by atoms with E-state index < -0.39 is 17.8 Å². The van der Waals surface area contributed by atoms with Gasteiger partial charge in [-0.3, -0.25) is 4.79 Å². The number of pyridine rings is 2. The van der Waals surface area contributed by atoms with Crippen LogP contribution < -0.4 is 10.9 Å². The molecule has 3 N–H and O–H groups in total. The molecular formula is C24H19ClFN5O4. The lowest BCUT2D eigenvalue weighted by atomic mass is 10.0. The van der Waals surface area contributed by atoms with Gasteiger partial charge in [0, 0.05) is 42.5 Å². The van der Waals surface area contributed by atoms with E-state index in [0.29, 0.717) is 22.5 Å². The van der Waals surface area contributed by atoms with E-state index in [9.17, 15) is 19.1 Å². The summed E-state index contributed by atoms with van der Waals surface area (Å²) < 4.78 is 15.4. The summed E-state index contributed by atoms with van der Waals surface area (Å²) in [5.74, 6) is -1.57. The van der Waals surface area contributed by atoms with Crippen molar-refractivity contribution < 1.29 is 19.4 Å². The molecule has 0 saturated carbocycles. The maximum absolute atomic E-state index is 14.0. The Labute approximate surface area is 203 Å². The third-order valence-electron chi connectivity index (χ3n) is 5.20. The molecule has 11 heteroatoms. The minimum absolute atomic E-state index is 0.0293. The Balaban J connectivity index is 1.63. The van der Waals surface area contributed by atoms with Crippen LogP contribution in [0.4, 0.5) is 16.0 Å². The Bertz CT molecular complexity index is 1450. The fourth-order valence-electron chi connectivity index (χ4n) is 3.55. The van der Waals surface area contributed by atoms with E-state index in [2.05, 4.69) is 20.3 Å². The van der Waals surface area contributed by atoms with Crippen LogP contribution in [0.1, 0.15) is 28.5 Å². The van der Waals surface area contributed by atoms with Crippen molar-refractivity contribution >= 4 is 29.2 Å². The second kappa shape index (κ2) is 10.4. The number of carboxylic acid groups (broad SMARTS) is 1. The molecule has 3 aromatic heterocycles. The Morgan fingerprint density at radius 3 is 2.63 bits per heavy atom. The molecular weight excluding hydrogens is 477 g/mol. The van der Waals surface area contributed by atoms with Crippen LogP contribution in [0.5, 0.6) is 0 Å². The molecule has 0 saturated heterocycles. The minimum Gasteiger partial charge on any atom is -0.477 e. The van der Waals surface area contributed by atoms with Gasteiger partial charge in [0.15, 0.2) is 0 Å². The zero-order chi connectivity index (χ0) is 24.9. The monoisotopic (exact) mass is 495 g/mol. The first-order valence-electron chi connectivity index (χ1n) is 10.4. The van der Waals surface area contributed by atoms with Crippen molar-refractivity contribution in [1.29, 1.82) is 0 Å². The Morgan fingerprint density at radius 2 is 1.91 bits per heavy atom. The third kappa shape index (κ3) is 5.51. The molecule has 3 heterocycles. The Kier molecular flexibility index (Phi) is 7.14. The molecule has 4 rings (SSSR count). The van der Waals surface area contributed by atoms with Gasteiger partial charge in [-0.05, 0) is 48.4 Å². The lowest BCUT2D eigenvalue weighted by molar-refractivity contribution is 0.0690. The standard InChI is InChI=1S/C24H19ClFN5O4/c25-17-2-1-15(11-18(17)26)21(6-10-32)31-9-5-14(12-22(31)33)19-4-8-28-24(30-19)29-16-3-7-27-20(13-16)23(34)35/h1-5,7-9,11-13,21,32H,6,10H2,(H,34,35)(H,27,28,29,30)/t21-/m1/s1. The van der Waals surface area contributed by atoms with Gasteiger partial charge in [-0.2, -0.15) is 0 Å². The number of carbonyl (C=O) groups is 1. The van der Waals surface area contributed by atoms with Gasteiger partial charge in [-0.15, -0.1) is 0 Å². The molecule has 0 bridgehead atoms. The minimum atomic E-state index is -1.16. The summed E-state index contributed by atoms with van der Waals surface area (Å²) in [6.45, 7) is -0.206. The average Bonchev–Trinajstić information content (AvgIpc) is 2.85. The molecule has 9 nitrogen and oxygen atoms in total. The van der Waals surface area contributed by atoms with E-state index in [0.717, 1.165) is 0 Å². The molecule has 0 fully saturated rings. The SMILES string of the molecule is O=C(O)c1cc(Nc2nccc(-c3ccn([C@H](CCO)c4ccc(Cl)c(F)c4)c(=O)c3)n2)ccn1. The van der Waals surface area contributed by atoms with Gasteiger partial charge >= 0.3 is 5.97 Å². The highest BCUT2D eigenvalue weighted by Crippen LogP contribution is 2.26. The topological polar surface area (TPSA) is 130 Å². The number of nitrogens with zero attached hydrogens (tertiary/aromatic N) is 4. The number of anilines is 2. The van der Waals surface area contributed by atoms with Crippen molar-refractivity contribution in [3.05, 3.63) is 99.6 Å². The molecule has 35 heavy (non-hydrogen) atoms. The molecule has 4 aromatic rings. The molecule has 0 unspecified atom stereocenters. The normalized spacial score (nSPS) is 11.7. The smallest absolute Gasteiger partial charge is 0.354 e. The summed E-state index contributed by atoms with van der Waals surface area (Å²) in [5.41, 5.74) is 1.41. The largest absolute Gasteiger partial charge is 0.477 e. The highest BCUT2D eigenvalue weighted by atomic mass is 35.5. The second-order valence-corrected chi connectivity index (χ2v) is 7.90. The fraction of sp³-hybridized carbons (Fsp3) is 0.125. The van der Waals surface area contributed by atoms with Crippen molar-refractivity contribution in [3.8, 4) is 11.3 Å². The summed E-state index contributed by atoms with van der Waals surface area (Å²) in [4.78, 5) is 36.4. The first-order chi connectivity index (χ1) is 16.9. The number of hydrogen-bond donors (Lipinski definition) is 3. The molecule has 1 atom stereocenters. The average molecular weight is 496 g/mol. The van der Waals surface area contributed by atoms with E-state index >= 15 is 0 Å². The molecule has 0 amide bonds. The fourth-order valence-corrected chi connectivity index (χ4v) is 3.67. The van der Waals surface area contributed by atoms with Crippen LogP contribution in [-0.4, -0.2) is 42.3 Å². The van der Waals surface area contributed by atoms with Gasteiger partial charge in [0.25, 0.3) is 5.56 Å². The van der Waals surface area contributed by atoms with Gasteiger partial charge in [0.05, 0.1) is 16.8 Å². The number of halogens is 2. The summed E-state index contributed by atoms with van der Waals surface area (Å²) in [6.07, 6.45) is 4.61. The van der Waals surface area contributed by atoms with E-state index in [-0.39, 0.29) is 35.3 Å². The van der Waals surface area contributed by atoms with Crippen LogP contribution in [0, 0.1) is 5.82 Å². The Hall–Kier alpha value is -4.15. The van der Waals surface area contributed by atoms with Crippen molar-refractivity contribution in [1.82, 2.24) is 19.5 Å². The predicted octanol–water partition coefficient (Wildman–Crippen LogP) is 3.91. The number of nitrogens with one attached hydrogen (secondary N) is 1. The lowest BCUT2D eigenvalue weighted by Crippen LogP contribution is -2.25. The maximum Gasteiger partial charge on any atom is 0.354 e. The summed E-state index contributed by atoms with van der Waals surface area (Å²) in [5, 5.41) is 21.5. The van der Waals surface area contributed by atoms with Crippen LogP contribution in [0.3, 0.4) is 0 Å². The van der Waals surface area contributed by atoms with Gasteiger partial charge in [-0.25, -0.2) is 24.1 Å². The Morgan fingerprint density at radius 1 is 1.11 bits per heavy atom. The highest BCUT2D eigenvalue weighted by Gasteiger charge is 2.17. The van der Waals surface area contributed by atoms with E-state index in [4.69, 9.17) is 16.7 Å². The summed E-state index contributed by atoms with van der Waals surface area (Å²) >= 11 is 5.77. The zero-order valence-electron chi connectivity index (χ0n) is 18.1. The first-order valence-corrected chi connectivity index (χ1v) is 10.8. The van der Waals surface area contributed by atoms with Gasteiger partial charge in [0.1, 0.15) is 11.5 Å². The summed E-state index contributed by atoms with van der Waals surface area (Å²) in [7, 11) is 0. The van der Waals surface area contributed by atoms with Gasteiger partial charge < -0.3 is 20.1 Å². The van der Waals surface area contributed by atoms with Crippen molar-refractivity contribution in [2.45, 2.75) is 12.5 Å². The molecule has 178 valence electrons. The number of hydrogen-bond acceptors (Lipinski definition) is 7. The molecule has 0 spiro atoms. The number of rotatable bonds is 8. The van der Waals surface area contributed by atoms with E-state index in [1.807, 2.05) is 0 Å². The molecule has 0 aliphatic heterocycles. The van der Waals surface area contributed by atoms with Crippen LogP contribution >= 0.6 is 11.6 Å². The number of aliphatic hydroxyl groups is 1. The van der Waals surface area contributed by atoms with Crippen molar-refractivity contribution in [2.75, 3.05) is 11.9 Å². The number of aromatic nitrogens is 4. The number of aromatic carboxylic acids is 1. The molecule has 0 radical (unpaired) electrons. The summed E-state index contributed by atoms with van der Waals surface area (Å²) in [6, 6.07) is 11.3. The van der Waals surface area contributed by atoms with Crippen molar-refractivity contribution in [2.24, 2.45) is 0 Å². The number of carboxylic acids is 1. The maximum atomic E-state index is 14.0. The van der Waals surface area contributed by atoms with Crippen LogP contribution in [-0.2, 0) is 0 Å². The second-order valence-electron chi connectivity index (χ2n) is 7.49. The number of benzene rings is 1. The van der Waals surface area contributed by atoms with E-state index in [1.54, 1.807) is 30.5 Å². The first kappa shape index (κ1) is 24.0. The van der Waals surface area contributed by atoms with Gasteiger partial charge in [0.2, 0.25) is 5.95 Å². The lowest BCUT2D eigenvalue weighted by Gasteiger charge is -2.20. The highest BCUT2D eigenvalue weighted by molar-refractivity contribution is 6.30. The van der Waals surface area contributed by atoms with Crippen LogP contribution in [0.2, 0.25) is 5.02 Å². The molecule has 1 aromatic carbocycles. The third-order valence-corrected chi connectivity index (χ3v) is 5.51. The molecule has 0 aliphatic rings. The molecule has 0 aliphatic carbocycles. The van der Waals surface area contributed by atoms with E-state index in [1.165, 1.54) is 41.2 Å². The van der Waals surface area contributed by atoms with Crippen LogP contribution in [0.25, 0.3) is 11.3 Å². The van der Waals surface area contributed by atoms with Crippen LogP contribution in [0.15, 0.2) is 71.9 Å². The number of aliphatic hydroxyl groups excluding tert-OH is 1. The predicted molar refractivity (Wildman–Crippen MR) is 127 cm³/mol. The quantitative estimate of drug-likeness (QED) is 0.335.